The molecule has 1 aliphatic heterocycles. The SMILES string of the molecule is CC(C)(C)OC(=O)NC(CCCCN=C(N)N[N+](=O)[O-])C(=O)ON1C(=O)CCC1=O. The van der Waals surface area contributed by atoms with Gasteiger partial charge < -0.3 is 20.6 Å². The van der Waals surface area contributed by atoms with Gasteiger partial charge >= 0.3 is 12.1 Å². The topological polar surface area (TPSA) is 196 Å². The Labute approximate surface area is 172 Å². The van der Waals surface area contributed by atoms with Crippen LogP contribution in [0.3, 0.4) is 0 Å². The zero-order valence-corrected chi connectivity index (χ0v) is 17.0. The minimum atomic E-state index is -1.20. The number of hydrogen-bond donors (Lipinski definition) is 3. The monoisotopic (exact) mass is 430 g/mol. The third kappa shape index (κ3) is 9.16. The molecule has 168 valence electrons. The van der Waals surface area contributed by atoms with E-state index < -0.39 is 40.6 Å². The van der Waals surface area contributed by atoms with Crippen LogP contribution in [0.4, 0.5) is 4.79 Å². The molecule has 0 radical (unpaired) electrons. The van der Waals surface area contributed by atoms with Crippen LogP contribution in [0.5, 0.6) is 0 Å². The maximum absolute atomic E-state index is 12.4. The second-order valence-corrected chi connectivity index (χ2v) is 7.32. The fourth-order valence-corrected chi connectivity index (χ4v) is 2.30. The van der Waals surface area contributed by atoms with Gasteiger partial charge in [-0.2, -0.15) is 0 Å². The molecule has 1 unspecified atom stereocenters. The van der Waals surface area contributed by atoms with Crippen LogP contribution in [-0.2, 0) is 24.0 Å². The summed E-state index contributed by atoms with van der Waals surface area (Å²) in [6, 6.07) is -1.20. The summed E-state index contributed by atoms with van der Waals surface area (Å²) >= 11 is 0. The molecular weight excluding hydrogens is 404 g/mol. The molecule has 1 saturated heterocycles. The highest BCUT2D eigenvalue weighted by Gasteiger charge is 2.35. The second-order valence-electron chi connectivity index (χ2n) is 7.32. The van der Waals surface area contributed by atoms with Crippen molar-refractivity contribution in [2.24, 2.45) is 10.7 Å². The van der Waals surface area contributed by atoms with Crippen molar-refractivity contribution >= 4 is 29.8 Å². The van der Waals surface area contributed by atoms with Crippen molar-refractivity contribution in [2.45, 2.75) is 64.5 Å². The van der Waals surface area contributed by atoms with Gasteiger partial charge in [0.2, 0.25) is 0 Å². The van der Waals surface area contributed by atoms with E-state index in [4.69, 9.17) is 15.3 Å². The summed E-state index contributed by atoms with van der Waals surface area (Å²) in [6.45, 7) is 5.05. The number of rotatable bonds is 9. The molecule has 1 atom stereocenters. The Morgan fingerprint density at radius 2 is 1.87 bits per heavy atom. The smallest absolute Gasteiger partial charge is 0.408 e. The lowest BCUT2D eigenvalue weighted by Crippen LogP contribution is -2.46. The normalized spacial score (nSPS) is 15.6. The van der Waals surface area contributed by atoms with Gasteiger partial charge in [-0.05, 0) is 40.0 Å². The fourth-order valence-electron chi connectivity index (χ4n) is 2.30. The van der Waals surface area contributed by atoms with Gasteiger partial charge in [0, 0.05) is 19.4 Å². The highest BCUT2D eigenvalue weighted by molar-refractivity contribution is 6.01. The number of hydrazine groups is 1. The maximum Gasteiger partial charge on any atom is 0.408 e. The van der Waals surface area contributed by atoms with Crippen LogP contribution in [0.15, 0.2) is 4.99 Å². The summed E-state index contributed by atoms with van der Waals surface area (Å²) in [6.07, 6.45) is -0.205. The molecule has 4 N–H and O–H groups in total. The zero-order valence-electron chi connectivity index (χ0n) is 17.0. The number of amides is 3. The molecule has 0 spiro atoms. The van der Waals surface area contributed by atoms with E-state index in [-0.39, 0.29) is 31.8 Å². The third-order valence-electron chi connectivity index (χ3n) is 3.55. The van der Waals surface area contributed by atoms with Crippen molar-refractivity contribution in [1.29, 1.82) is 0 Å². The molecule has 0 aromatic carbocycles. The first-order valence-corrected chi connectivity index (χ1v) is 9.17. The predicted octanol–water partition coefficient (Wildman–Crippen LogP) is -0.247. The molecule has 1 rings (SSSR count). The third-order valence-corrected chi connectivity index (χ3v) is 3.55. The number of alkyl carbamates (subject to hydrolysis) is 1. The lowest BCUT2D eigenvalue weighted by Gasteiger charge is -2.23. The average Bonchev–Trinajstić information content (AvgIpc) is 2.90. The largest absolute Gasteiger partial charge is 0.444 e. The van der Waals surface area contributed by atoms with Crippen molar-refractivity contribution < 1.29 is 33.8 Å². The van der Waals surface area contributed by atoms with Crippen LogP contribution >= 0.6 is 0 Å². The van der Waals surface area contributed by atoms with Crippen molar-refractivity contribution in [3.8, 4) is 0 Å². The number of guanidine groups is 1. The number of hydrogen-bond acceptors (Lipinski definition) is 9. The molecule has 3 amide bonds. The number of unbranched alkanes of at least 4 members (excludes halogenated alkanes) is 1. The van der Waals surface area contributed by atoms with E-state index in [1.807, 2.05) is 0 Å². The summed E-state index contributed by atoms with van der Waals surface area (Å²) in [5.74, 6) is -2.66. The number of carbonyl (C=O) groups excluding carboxylic acids is 4. The number of imide groups is 1. The fraction of sp³-hybridized carbons (Fsp3) is 0.688. The number of ether oxygens (including phenoxy) is 1. The van der Waals surface area contributed by atoms with Gasteiger partial charge in [0.05, 0.1) is 0 Å². The van der Waals surface area contributed by atoms with Gasteiger partial charge in [0.25, 0.3) is 17.8 Å². The van der Waals surface area contributed by atoms with Gasteiger partial charge in [-0.25, -0.2) is 24.7 Å². The molecule has 30 heavy (non-hydrogen) atoms. The molecule has 1 aliphatic rings. The van der Waals surface area contributed by atoms with E-state index in [1.54, 1.807) is 26.2 Å². The predicted molar refractivity (Wildman–Crippen MR) is 101 cm³/mol. The van der Waals surface area contributed by atoms with Crippen LogP contribution in [0.25, 0.3) is 0 Å². The average molecular weight is 430 g/mol. The Kier molecular flexibility index (Phi) is 8.95. The Balaban J connectivity index is 2.66. The molecule has 0 bridgehead atoms. The van der Waals surface area contributed by atoms with Crippen molar-refractivity contribution in [1.82, 2.24) is 15.8 Å². The van der Waals surface area contributed by atoms with E-state index in [0.29, 0.717) is 17.9 Å². The Bertz CT molecular complexity index is 701. The number of nitro groups is 1. The number of nitrogens with zero attached hydrogens (tertiary/aromatic N) is 3. The first kappa shape index (κ1) is 24.6. The molecule has 1 heterocycles. The molecule has 0 saturated carbocycles. The summed E-state index contributed by atoms with van der Waals surface area (Å²) in [7, 11) is 0. The van der Waals surface area contributed by atoms with Crippen LogP contribution in [0.1, 0.15) is 52.9 Å². The van der Waals surface area contributed by atoms with E-state index in [9.17, 15) is 29.3 Å². The minimum Gasteiger partial charge on any atom is -0.444 e. The maximum atomic E-state index is 12.4. The van der Waals surface area contributed by atoms with Crippen LogP contribution in [0, 0.1) is 10.1 Å². The minimum absolute atomic E-state index is 0.0616. The van der Waals surface area contributed by atoms with Crippen molar-refractivity contribution in [2.75, 3.05) is 6.54 Å². The summed E-state index contributed by atoms with van der Waals surface area (Å²) in [5.41, 5.74) is 6.17. The molecule has 0 aromatic rings. The first-order valence-electron chi connectivity index (χ1n) is 9.17. The van der Waals surface area contributed by atoms with Gasteiger partial charge in [-0.1, -0.05) is 5.43 Å². The van der Waals surface area contributed by atoms with E-state index in [2.05, 4.69) is 10.3 Å². The lowest BCUT2D eigenvalue weighted by molar-refractivity contribution is -0.525. The number of nitrogens with two attached hydrogens (primary N) is 1. The van der Waals surface area contributed by atoms with E-state index >= 15 is 0 Å². The number of nitrogens with one attached hydrogen (secondary N) is 2. The Morgan fingerprint density at radius 3 is 2.40 bits per heavy atom. The van der Waals surface area contributed by atoms with Crippen molar-refractivity contribution in [3.05, 3.63) is 10.1 Å². The lowest BCUT2D eigenvalue weighted by atomic mass is 10.1. The van der Waals surface area contributed by atoms with Crippen LogP contribution in [0.2, 0.25) is 0 Å². The van der Waals surface area contributed by atoms with Gasteiger partial charge in [-0.15, -0.1) is 5.06 Å². The number of carbonyl (C=O) groups is 4. The Hall–Kier alpha value is -3.45. The Morgan fingerprint density at radius 1 is 1.27 bits per heavy atom. The molecular formula is C16H26N6O8. The van der Waals surface area contributed by atoms with E-state index in [1.165, 1.54) is 0 Å². The van der Waals surface area contributed by atoms with Crippen LogP contribution in [-0.4, -0.2) is 58.1 Å². The second kappa shape index (κ2) is 10.9. The summed E-state index contributed by atoms with van der Waals surface area (Å²) in [4.78, 5) is 66.5. The quantitative estimate of drug-likeness (QED) is 0.110. The number of aliphatic imine (C=N–C) groups is 1. The number of hydroxylamine groups is 2. The molecule has 0 aliphatic carbocycles. The first-order chi connectivity index (χ1) is 13.9. The molecule has 14 nitrogen and oxygen atoms in total. The summed E-state index contributed by atoms with van der Waals surface area (Å²) in [5, 5.41) is 12.1. The van der Waals surface area contributed by atoms with Gasteiger partial charge in [0.15, 0.2) is 5.03 Å². The zero-order chi connectivity index (χ0) is 22.9. The highest BCUT2D eigenvalue weighted by atomic mass is 16.7. The highest BCUT2D eigenvalue weighted by Crippen LogP contribution is 2.14. The van der Waals surface area contributed by atoms with Crippen molar-refractivity contribution in [3.63, 3.8) is 0 Å². The standard InChI is InChI=1S/C16H26N6O8/c1-16(2,3)29-15(26)19-10(6-4-5-9-18-14(17)20-22(27)28)13(25)30-21-11(23)7-8-12(21)24/h10H,4-9H2,1-3H3,(H,19,26)(H3,17,18,20). The van der Waals surface area contributed by atoms with Crippen LogP contribution < -0.4 is 16.5 Å². The molecule has 0 aromatic heterocycles. The summed E-state index contributed by atoms with van der Waals surface area (Å²) < 4.78 is 5.11. The van der Waals surface area contributed by atoms with Gasteiger partial charge in [-0.3, -0.25) is 9.59 Å². The molecule has 14 heteroatoms. The van der Waals surface area contributed by atoms with Gasteiger partial charge in [0.1, 0.15) is 11.6 Å². The van der Waals surface area contributed by atoms with E-state index in [0.717, 1.165) is 0 Å². The molecule has 1 fully saturated rings.